The second kappa shape index (κ2) is 11.4. The van der Waals surface area contributed by atoms with Crippen LogP contribution in [0.15, 0.2) is 180 Å². The Balaban J connectivity index is 1.16. The van der Waals surface area contributed by atoms with Gasteiger partial charge in [0.15, 0.2) is 23.1 Å². The third-order valence-corrected chi connectivity index (χ3v) is 11.7. The molecule has 57 heavy (non-hydrogen) atoms. The van der Waals surface area contributed by atoms with E-state index >= 15 is 0 Å². The second-order valence-corrected chi connectivity index (χ2v) is 14.8. The molecule has 13 rings (SSSR count). The van der Waals surface area contributed by atoms with Gasteiger partial charge in [0.05, 0.1) is 33.3 Å². The molecule has 0 aliphatic carbocycles. The Morgan fingerprint density at radius 1 is 0.351 bits per heavy atom. The summed E-state index contributed by atoms with van der Waals surface area (Å²) >= 11 is 0. The number of hydrogen-bond donors (Lipinski definition) is 0. The normalized spacial score (nSPS) is 12.2. The quantitative estimate of drug-likeness (QED) is 0.181. The van der Waals surface area contributed by atoms with Crippen LogP contribution in [0.4, 0.5) is 0 Å². The fourth-order valence-corrected chi connectivity index (χ4v) is 9.19. The van der Waals surface area contributed by atoms with Crippen molar-refractivity contribution in [3.05, 3.63) is 176 Å². The fourth-order valence-electron chi connectivity index (χ4n) is 9.19. The molecule has 0 amide bonds. The minimum atomic E-state index is 0.592. The van der Waals surface area contributed by atoms with Crippen LogP contribution in [0.25, 0.3) is 122 Å². The molecule has 6 heteroatoms. The number of hydrogen-bond acceptors (Lipinski definition) is 4. The molecule has 0 N–H and O–H groups in total. The molecule has 264 valence electrons. The topological polar surface area (TPSA) is 61.2 Å². The van der Waals surface area contributed by atoms with Crippen molar-refractivity contribution in [1.29, 1.82) is 0 Å². The lowest BCUT2D eigenvalue weighted by Gasteiger charge is -2.13. The molecule has 13 aromatic rings. The summed E-state index contributed by atoms with van der Waals surface area (Å²) in [7, 11) is 0. The standard InChI is InChI=1S/C51H29N5O/c1-3-14-30(15-4-1)49-52-50(31-16-5-2-6-17-31)54-51(53-49)32-26-40-35-20-9-12-25-46(35)57-48(40)45(27-32)55-41-23-10-8-19-34(41)38-28-39-37-22-13-21-36-33-18-7-11-24-42(33)56(47(36)37)44(39)29-43(38)55/h1-29H. The lowest BCUT2D eigenvalue weighted by atomic mass is 10.1. The van der Waals surface area contributed by atoms with E-state index in [1.165, 1.54) is 48.9 Å². The summed E-state index contributed by atoms with van der Waals surface area (Å²) < 4.78 is 11.7. The number of fused-ring (bicyclic) bond motifs is 12. The smallest absolute Gasteiger partial charge is 0.164 e. The number of benzene rings is 8. The highest BCUT2D eigenvalue weighted by Crippen LogP contribution is 2.45. The minimum absolute atomic E-state index is 0.592. The molecule has 5 heterocycles. The van der Waals surface area contributed by atoms with E-state index in [9.17, 15) is 0 Å². The summed E-state index contributed by atoms with van der Waals surface area (Å²) in [5.74, 6) is 1.83. The highest BCUT2D eigenvalue weighted by atomic mass is 16.3. The van der Waals surface area contributed by atoms with E-state index in [1.54, 1.807) is 0 Å². The van der Waals surface area contributed by atoms with Crippen LogP contribution in [0.1, 0.15) is 0 Å². The first-order chi connectivity index (χ1) is 28.3. The van der Waals surface area contributed by atoms with Crippen LogP contribution in [-0.4, -0.2) is 23.9 Å². The lowest BCUT2D eigenvalue weighted by molar-refractivity contribution is 0.666. The van der Waals surface area contributed by atoms with E-state index in [2.05, 4.69) is 112 Å². The zero-order chi connectivity index (χ0) is 37.2. The molecule has 0 fully saturated rings. The van der Waals surface area contributed by atoms with Gasteiger partial charge < -0.3 is 13.4 Å². The minimum Gasteiger partial charge on any atom is -0.454 e. The Hall–Kier alpha value is -7.83. The molecule has 0 radical (unpaired) electrons. The summed E-state index contributed by atoms with van der Waals surface area (Å²) in [6.07, 6.45) is 0. The summed E-state index contributed by atoms with van der Waals surface area (Å²) in [6.45, 7) is 0. The molecule has 0 saturated carbocycles. The van der Waals surface area contributed by atoms with Gasteiger partial charge >= 0.3 is 0 Å². The van der Waals surface area contributed by atoms with Crippen LogP contribution in [0.3, 0.4) is 0 Å². The Morgan fingerprint density at radius 2 is 0.895 bits per heavy atom. The van der Waals surface area contributed by atoms with Gasteiger partial charge in [0, 0.05) is 59.8 Å². The highest BCUT2D eigenvalue weighted by Gasteiger charge is 2.24. The van der Waals surface area contributed by atoms with E-state index in [0.717, 1.165) is 55.3 Å². The van der Waals surface area contributed by atoms with Gasteiger partial charge in [-0.1, -0.05) is 133 Å². The van der Waals surface area contributed by atoms with E-state index in [-0.39, 0.29) is 0 Å². The summed E-state index contributed by atoms with van der Waals surface area (Å²) in [4.78, 5) is 15.3. The maximum absolute atomic E-state index is 6.84. The van der Waals surface area contributed by atoms with Crippen LogP contribution in [0, 0.1) is 0 Å². The van der Waals surface area contributed by atoms with Crippen molar-refractivity contribution in [2.45, 2.75) is 0 Å². The van der Waals surface area contributed by atoms with Crippen molar-refractivity contribution in [2.24, 2.45) is 0 Å². The molecule has 0 spiro atoms. The Labute approximate surface area is 324 Å². The van der Waals surface area contributed by atoms with Gasteiger partial charge in [-0.25, -0.2) is 15.0 Å². The highest BCUT2D eigenvalue weighted by molar-refractivity contribution is 6.26. The third kappa shape index (κ3) is 4.26. The summed E-state index contributed by atoms with van der Waals surface area (Å²) in [5, 5.41) is 9.44. The van der Waals surface area contributed by atoms with Crippen LogP contribution in [0.5, 0.6) is 0 Å². The molecule has 5 aromatic heterocycles. The monoisotopic (exact) mass is 727 g/mol. The van der Waals surface area contributed by atoms with E-state index in [1.807, 2.05) is 72.8 Å². The van der Waals surface area contributed by atoms with Gasteiger partial charge in [0.25, 0.3) is 0 Å². The average molecular weight is 728 g/mol. The largest absolute Gasteiger partial charge is 0.454 e. The Bertz CT molecular complexity index is 3690. The molecule has 8 aromatic carbocycles. The number of nitrogens with zero attached hydrogens (tertiary/aromatic N) is 5. The van der Waals surface area contributed by atoms with Gasteiger partial charge in [0.2, 0.25) is 0 Å². The van der Waals surface area contributed by atoms with Crippen LogP contribution in [-0.2, 0) is 0 Å². The molecular weight excluding hydrogens is 699 g/mol. The first-order valence-electron chi connectivity index (χ1n) is 19.2. The van der Waals surface area contributed by atoms with Gasteiger partial charge in [0.1, 0.15) is 5.58 Å². The maximum Gasteiger partial charge on any atom is 0.164 e. The van der Waals surface area contributed by atoms with Crippen molar-refractivity contribution >= 4 is 81.8 Å². The van der Waals surface area contributed by atoms with E-state index in [0.29, 0.717) is 17.5 Å². The summed E-state index contributed by atoms with van der Waals surface area (Å²) in [6, 6.07) is 61.8. The van der Waals surface area contributed by atoms with Gasteiger partial charge in [-0.2, -0.15) is 0 Å². The Kier molecular flexibility index (Phi) is 6.07. The SMILES string of the molecule is c1ccc(-c2nc(-c3ccccc3)nc(-c3cc(-n4c5ccccc5c5cc6c7cccc8c9ccccc9n(c6cc54)c87)c4oc5ccccc5c4c3)n2)cc1. The first-order valence-corrected chi connectivity index (χ1v) is 19.2. The molecule has 0 bridgehead atoms. The van der Waals surface area contributed by atoms with E-state index in [4.69, 9.17) is 19.4 Å². The molecule has 0 aliphatic rings. The Morgan fingerprint density at radius 3 is 1.61 bits per heavy atom. The molecule has 0 saturated heterocycles. The molecular formula is C51H29N5O. The predicted molar refractivity (Wildman–Crippen MR) is 232 cm³/mol. The van der Waals surface area contributed by atoms with Gasteiger partial charge in [-0.05, 0) is 42.5 Å². The fraction of sp³-hybridized carbons (Fsp3) is 0. The molecule has 6 nitrogen and oxygen atoms in total. The van der Waals surface area contributed by atoms with Crippen molar-refractivity contribution in [3.8, 4) is 39.9 Å². The van der Waals surface area contributed by atoms with E-state index < -0.39 is 0 Å². The predicted octanol–water partition coefficient (Wildman–Crippen LogP) is 13.0. The first kappa shape index (κ1) is 30.5. The van der Waals surface area contributed by atoms with Crippen LogP contribution < -0.4 is 0 Å². The van der Waals surface area contributed by atoms with Gasteiger partial charge in [-0.15, -0.1) is 0 Å². The van der Waals surface area contributed by atoms with Crippen LogP contribution >= 0.6 is 0 Å². The third-order valence-electron chi connectivity index (χ3n) is 11.7. The maximum atomic E-state index is 6.84. The zero-order valence-corrected chi connectivity index (χ0v) is 30.4. The number of para-hydroxylation sites is 4. The zero-order valence-electron chi connectivity index (χ0n) is 30.4. The molecule has 0 atom stereocenters. The lowest BCUT2D eigenvalue weighted by Crippen LogP contribution is -2.01. The average Bonchev–Trinajstić information content (AvgIpc) is 4.02. The van der Waals surface area contributed by atoms with Crippen LogP contribution in [0.2, 0.25) is 0 Å². The van der Waals surface area contributed by atoms with Crippen molar-refractivity contribution in [2.75, 3.05) is 0 Å². The number of furan rings is 1. The molecule has 0 unspecified atom stereocenters. The number of aromatic nitrogens is 5. The number of rotatable bonds is 4. The van der Waals surface area contributed by atoms with Gasteiger partial charge in [-0.3, -0.25) is 0 Å². The second-order valence-electron chi connectivity index (χ2n) is 14.8. The van der Waals surface area contributed by atoms with Crippen molar-refractivity contribution in [1.82, 2.24) is 23.9 Å². The summed E-state index contributed by atoms with van der Waals surface area (Å²) in [5.41, 5.74) is 11.1. The molecule has 0 aliphatic heterocycles. The van der Waals surface area contributed by atoms with Crippen molar-refractivity contribution in [3.63, 3.8) is 0 Å². The van der Waals surface area contributed by atoms with Crippen molar-refractivity contribution < 1.29 is 4.42 Å².